The minimum absolute atomic E-state index is 0.0497. The van der Waals surface area contributed by atoms with E-state index in [0.717, 1.165) is 72.6 Å². The highest BCUT2D eigenvalue weighted by molar-refractivity contribution is 7.98. The standard InChI is InChI=1S/C31H39N4O2P3S/c1-41-28-24(11-8-16-32-28)27(36)34-21-14-18-35(19-21)17-7-6-15-30(29(37)33-20-31(38,39)40)25-12-4-2-9-22(25)23-10-3-5-13-26(23)30/h2-5,8-13,16,21H,6-7,14-15,17-20,38-40H2,1H3,(H,33,37)(H,34,36). The first-order chi connectivity index (χ1) is 19.7. The topological polar surface area (TPSA) is 74.3 Å². The zero-order valence-electron chi connectivity index (χ0n) is 23.4. The van der Waals surface area contributed by atoms with Crippen LogP contribution in [0.5, 0.6) is 0 Å². The molecule has 6 nitrogen and oxygen atoms in total. The molecule has 1 aliphatic heterocycles. The SMILES string of the molecule is CSc1ncccc1C(=O)NC1CCN(CCCCC2(C(=O)NCC(P)(P)P)c3ccccc3-c3ccccc32)C1. The van der Waals surface area contributed by atoms with Gasteiger partial charge in [-0.25, -0.2) is 4.98 Å². The van der Waals surface area contributed by atoms with Gasteiger partial charge in [0.2, 0.25) is 5.91 Å². The average Bonchev–Trinajstić information content (AvgIpc) is 3.54. The van der Waals surface area contributed by atoms with Gasteiger partial charge in [0.05, 0.1) is 5.56 Å². The summed E-state index contributed by atoms with van der Waals surface area (Å²) in [6.45, 7) is 3.28. The number of aromatic nitrogens is 1. The largest absolute Gasteiger partial charge is 0.353 e. The summed E-state index contributed by atoms with van der Waals surface area (Å²) >= 11 is 1.49. The van der Waals surface area contributed by atoms with Gasteiger partial charge in [-0.3, -0.25) is 9.59 Å². The number of hydrogen-bond acceptors (Lipinski definition) is 5. The first kappa shape index (κ1) is 30.6. The summed E-state index contributed by atoms with van der Waals surface area (Å²) in [5, 5.41) is 7.23. The lowest BCUT2D eigenvalue weighted by Gasteiger charge is -2.32. The Morgan fingerprint density at radius 3 is 2.37 bits per heavy atom. The zero-order chi connectivity index (χ0) is 29.0. The molecule has 2 aliphatic rings. The van der Waals surface area contributed by atoms with Crippen molar-refractivity contribution in [1.29, 1.82) is 0 Å². The number of likely N-dealkylation sites (tertiary alicyclic amines) is 1. The quantitative estimate of drug-likeness (QED) is 0.176. The fourth-order valence-electron chi connectivity index (χ4n) is 6.21. The van der Waals surface area contributed by atoms with Gasteiger partial charge in [-0.05, 0) is 66.4 Å². The lowest BCUT2D eigenvalue weighted by molar-refractivity contribution is -0.125. The van der Waals surface area contributed by atoms with Crippen LogP contribution in [0.25, 0.3) is 11.1 Å². The fraction of sp³-hybridized carbons (Fsp3) is 0.387. The molecule has 2 amide bonds. The second kappa shape index (κ2) is 13.2. The number of thioether (sulfide) groups is 1. The van der Waals surface area contributed by atoms with Crippen molar-refractivity contribution >= 4 is 51.3 Å². The Kier molecular flexibility index (Phi) is 9.84. The summed E-state index contributed by atoms with van der Waals surface area (Å²) in [6, 6.07) is 20.5. The summed E-state index contributed by atoms with van der Waals surface area (Å²) in [4.78, 5) is 33.7. The lowest BCUT2D eigenvalue weighted by atomic mass is 9.73. The summed E-state index contributed by atoms with van der Waals surface area (Å²) in [6.07, 6.45) is 7.25. The van der Waals surface area contributed by atoms with Crippen LogP contribution in [-0.2, 0) is 10.2 Å². The van der Waals surface area contributed by atoms with Gasteiger partial charge in [-0.1, -0.05) is 55.0 Å². The van der Waals surface area contributed by atoms with Crippen molar-refractivity contribution in [3.63, 3.8) is 0 Å². The number of nitrogens with one attached hydrogen (secondary N) is 2. The van der Waals surface area contributed by atoms with E-state index in [0.29, 0.717) is 12.1 Å². The highest BCUT2D eigenvalue weighted by Crippen LogP contribution is 2.51. The third-order valence-electron chi connectivity index (χ3n) is 8.10. The molecule has 216 valence electrons. The molecular weight excluding hydrogens is 585 g/mol. The highest BCUT2D eigenvalue weighted by Gasteiger charge is 2.48. The smallest absolute Gasteiger partial charge is 0.254 e. The molecule has 0 bridgehead atoms. The van der Waals surface area contributed by atoms with Gasteiger partial charge in [0, 0.05) is 36.5 Å². The van der Waals surface area contributed by atoms with Gasteiger partial charge >= 0.3 is 0 Å². The van der Waals surface area contributed by atoms with Gasteiger partial charge in [0.1, 0.15) is 10.4 Å². The van der Waals surface area contributed by atoms with Crippen LogP contribution >= 0.6 is 39.5 Å². The highest BCUT2D eigenvalue weighted by atomic mass is 32.2. The molecule has 1 saturated heterocycles. The number of benzene rings is 2. The molecule has 0 radical (unpaired) electrons. The molecule has 2 heterocycles. The van der Waals surface area contributed by atoms with Crippen LogP contribution in [0.4, 0.5) is 0 Å². The predicted molar refractivity (Wildman–Crippen MR) is 180 cm³/mol. The molecule has 10 heteroatoms. The molecule has 2 N–H and O–H groups in total. The van der Waals surface area contributed by atoms with Crippen molar-refractivity contribution in [1.82, 2.24) is 20.5 Å². The van der Waals surface area contributed by atoms with Crippen molar-refractivity contribution in [2.24, 2.45) is 0 Å². The van der Waals surface area contributed by atoms with Crippen LogP contribution in [0.2, 0.25) is 0 Å². The number of carbonyl (C=O) groups is 2. The van der Waals surface area contributed by atoms with Gasteiger partial charge in [0.25, 0.3) is 5.91 Å². The molecule has 4 atom stereocenters. The minimum Gasteiger partial charge on any atom is -0.353 e. The maximum absolute atomic E-state index is 14.1. The van der Waals surface area contributed by atoms with Gasteiger partial charge in [-0.15, -0.1) is 39.5 Å². The predicted octanol–water partition coefficient (Wildman–Crippen LogP) is 5.14. The van der Waals surface area contributed by atoms with Crippen molar-refractivity contribution in [2.75, 3.05) is 32.4 Å². The Balaban J connectivity index is 1.24. The molecule has 0 spiro atoms. The van der Waals surface area contributed by atoms with Crippen molar-refractivity contribution < 1.29 is 9.59 Å². The number of fused-ring (bicyclic) bond motifs is 3. The number of nitrogens with zero attached hydrogens (tertiary/aromatic N) is 2. The van der Waals surface area contributed by atoms with E-state index in [1.54, 1.807) is 6.20 Å². The average molecular weight is 625 g/mol. The normalized spacial score (nSPS) is 17.6. The molecule has 2 aromatic carbocycles. The van der Waals surface area contributed by atoms with E-state index in [4.69, 9.17) is 0 Å². The van der Waals surface area contributed by atoms with Gasteiger partial charge in [0.15, 0.2) is 0 Å². The van der Waals surface area contributed by atoms with E-state index >= 15 is 0 Å². The number of hydrogen-bond donors (Lipinski definition) is 2. The Hall–Kier alpha value is -1.87. The monoisotopic (exact) mass is 624 g/mol. The Morgan fingerprint density at radius 1 is 1.02 bits per heavy atom. The third-order valence-corrected chi connectivity index (χ3v) is 9.42. The molecule has 5 rings (SSSR count). The van der Waals surface area contributed by atoms with Crippen LogP contribution in [-0.4, -0.2) is 64.8 Å². The molecule has 4 unspecified atom stereocenters. The zero-order valence-corrected chi connectivity index (χ0v) is 27.7. The van der Waals surface area contributed by atoms with Crippen LogP contribution in [0.3, 0.4) is 0 Å². The Labute approximate surface area is 254 Å². The van der Waals surface area contributed by atoms with Crippen molar-refractivity contribution in [2.45, 2.75) is 46.8 Å². The molecule has 1 fully saturated rings. The first-order valence-electron chi connectivity index (χ1n) is 14.1. The van der Waals surface area contributed by atoms with Crippen LogP contribution in [0, 0.1) is 0 Å². The molecule has 1 aliphatic carbocycles. The van der Waals surface area contributed by atoms with Gasteiger partial charge < -0.3 is 15.5 Å². The first-order valence-corrected chi connectivity index (χ1v) is 17.0. The molecule has 1 aromatic heterocycles. The second-order valence-corrected chi connectivity index (χ2v) is 17.1. The van der Waals surface area contributed by atoms with Crippen LogP contribution in [0.15, 0.2) is 71.9 Å². The summed E-state index contributed by atoms with van der Waals surface area (Å²) in [5.41, 5.74) is 4.45. The van der Waals surface area contributed by atoms with Crippen LogP contribution < -0.4 is 10.6 Å². The van der Waals surface area contributed by atoms with Crippen molar-refractivity contribution in [3.05, 3.63) is 83.6 Å². The second-order valence-electron chi connectivity index (χ2n) is 11.1. The van der Waals surface area contributed by atoms with Crippen molar-refractivity contribution in [3.8, 4) is 11.1 Å². The molecular formula is C31H39N4O2P3S. The van der Waals surface area contributed by atoms with Gasteiger partial charge in [-0.2, -0.15) is 0 Å². The summed E-state index contributed by atoms with van der Waals surface area (Å²) in [5.74, 6) is 0.0156. The maximum atomic E-state index is 14.1. The number of rotatable bonds is 11. The molecule has 41 heavy (non-hydrogen) atoms. The van der Waals surface area contributed by atoms with E-state index in [1.165, 1.54) is 11.8 Å². The number of pyridine rings is 1. The third kappa shape index (κ3) is 6.71. The fourth-order valence-corrected chi connectivity index (χ4v) is 7.06. The van der Waals surface area contributed by atoms with E-state index in [2.05, 4.69) is 84.6 Å². The number of carbonyl (C=O) groups excluding carboxylic acids is 2. The summed E-state index contributed by atoms with van der Waals surface area (Å²) < 4.78 is -0.246. The Bertz CT molecular complexity index is 1370. The minimum atomic E-state index is -0.710. The number of unbranched alkanes of at least 4 members (excludes halogenated alkanes) is 1. The van der Waals surface area contributed by atoms with E-state index in [-0.39, 0.29) is 22.5 Å². The lowest BCUT2D eigenvalue weighted by Crippen LogP contribution is -2.46. The Morgan fingerprint density at radius 2 is 1.71 bits per heavy atom. The van der Waals surface area contributed by atoms with E-state index < -0.39 is 5.41 Å². The van der Waals surface area contributed by atoms with E-state index in [1.807, 2.05) is 30.5 Å². The molecule has 0 saturated carbocycles. The number of amides is 2. The maximum Gasteiger partial charge on any atom is 0.254 e. The van der Waals surface area contributed by atoms with E-state index in [9.17, 15) is 9.59 Å². The molecule has 3 aromatic rings. The van der Waals surface area contributed by atoms with Crippen LogP contribution in [0.1, 0.15) is 47.2 Å². The summed E-state index contributed by atoms with van der Waals surface area (Å²) in [7, 11) is 8.28.